The van der Waals surface area contributed by atoms with Crippen LogP contribution in [0.5, 0.6) is 5.75 Å². The Kier molecular flexibility index (Phi) is 5.39. The largest absolute Gasteiger partial charge is 0.506 e. The van der Waals surface area contributed by atoms with E-state index >= 15 is 0 Å². The van der Waals surface area contributed by atoms with E-state index in [1.54, 1.807) is 6.08 Å². The quantitative estimate of drug-likeness (QED) is 0.258. The Bertz CT molecular complexity index is 772. The van der Waals surface area contributed by atoms with Crippen LogP contribution in [-0.2, 0) is 4.79 Å². The van der Waals surface area contributed by atoms with Gasteiger partial charge in [-0.1, -0.05) is 6.07 Å². The molecule has 118 valence electrons. The number of hydrogen-bond acceptors (Lipinski definition) is 6. The van der Waals surface area contributed by atoms with Crippen molar-refractivity contribution >= 4 is 52.0 Å². The number of rotatable bonds is 4. The van der Waals surface area contributed by atoms with E-state index < -0.39 is 10.8 Å². The number of nitro benzene ring substituents is 1. The van der Waals surface area contributed by atoms with E-state index in [4.69, 9.17) is 12.2 Å². The van der Waals surface area contributed by atoms with Gasteiger partial charge in [-0.2, -0.15) is 0 Å². The standard InChI is InChI=1S/C14H11N3O4S2/c18-12-8-9(17(20)21)3-5-11(12)15-14(22)16-13(19)6-4-10-2-1-7-23-10/h1-8,18H,(H2,15,16,19,22)/b6-4-. The number of thiophene rings is 1. The van der Waals surface area contributed by atoms with Crippen LogP contribution in [0.25, 0.3) is 6.08 Å². The molecule has 0 atom stereocenters. The number of nitrogens with zero attached hydrogens (tertiary/aromatic N) is 1. The Morgan fingerprint density at radius 1 is 1.39 bits per heavy atom. The van der Waals surface area contributed by atoms with Crippen molar-refractivity contribution in [3.05, 3.63) is 56.8 Å². The predicted octanol–water partition coefficient (Wildman–Crippen LogP) is 2.89. The smallest absolute Gasteiger partial charge is 0.273 e. The van der Waals surface area contributed by atoms with Crippen molar-refractivity contribution in [3.63, 3.8) is 0 Å². The molecule has 1 heterocycles. The van der Waals surface area contributed by atoms with E-state index in [0.717, 1.165) is 10.9 Å². The summed E-state index contributed by atoms with van der Waals surface area (Å²) in [4.78, 5) is 22.6. The summed E-state index contributed by atoms with van der Waals surface area (Å²) in [6.45, 7) is 0. The summed E-state index contributed by atoms with van der Waals surface area (Å²) in [6.07, 6.45) is 2.97. The first kappa shape index (κ1) is 16.6. The van der Waals surface area contributed by atoms with Gasteiger partial charge in [0.1, 0.15) is 5.75 Å². The molecule has 1 amide bonds. The average Bonchev–Trinajstić information content (AvgIpc) is 3.00. The number of aromatic hydroxyl groups is 1. The molecule has 1 aromatic heterocycles. The normalized spacial score (nSPS) is 10.4. The van der Waals surface area contributed by atoms with Crippen LogP contribution >= 0.6 is 23.6 Å². The summed E-state index contributed by atoms with van der Waals surface area (Å²) < 4.78 is 0. The first-order valence-electron chi connectivity index (χ1n) is 6.26. The molecule has 0 aliphatic carbocycles. The van der Waals surface area contributed by atoms with Crippen molar-refractivity contribution in [2.75, 3.05) is 5.32 Å². The molecule has 0 bridgehead atoms. The fourth-order valence-electron chi connectivity index (χ4n) is 1.59. The molecule has 2 aromatic rings. The van der Waals surface area contributed by atoms with Crippen molar-refractivity contribution in [1.29, 1.82) is 0 Å². The molecule has 0 fully saturated rings. The summed E-state index contributed by atoms with van der Waals surface area (Å²) in [6, 6.07) is 7.23. The molecule has 1 aromatic carbocycles. The Balaban J connectivity index is 1.94. The lowest BCUT2D eigenvalue weighted by molar-refractivity contribution is -0.384. The Morgan fingerprint density at radius 2 is 2.17 bits per heavy atom. The van der Waals surface area contributed by atoms with E-state index in [1.807, 2.05) is 17.5 Å². The molecule has 0 unspecified atom stereocenters. The summed E-state index contributed by atoms with van der Waals surface area (Å²) in [5, 5.41) is 27.1. The molecular weight excluding hydrogens is 338 g/mol. The number of phenols is 1. The lowest BCUT2D eigenvalue weighted by atomic mass is 10.2. The molecule has 3 N–H and O–H groups in total. The van der Waals surface area contributed by atoms with Crippen LogP contribution in [0.2, 0.25) is 0 Å². The number of amides is 1. The average molecular weight is 349 g/mol. The van der Waals surface area contributed by atoms with Gasteiger partial charge in [0, 0.05) is 17.0 Å². The van der Waals surface area contributed by atoms with Crippen LogP contribution < -0.4 is 10.6 Å². The fraction of sp³-hybridized carbons (Fsp3) is 0. The van der Waals surface area contributed by atoms with E-state index in [0.29, 0.717) is 0 Å². The summed E-state index contributed by atoms with van der Waals surface area (Å²) in [5.74, 6) is -0.776. The second-order valence-corrected chi connectivity index (χ2v) is 5.64. The first-order chi connectivity index (χ1) is 11.0. The van der Waals surface area contributed by atoms with Gasteiger partial charge in [0.25, 0.3) is 5.69 Å². The van der Waals surface area contributed by atoms with Crippen LogP contribution in [0.15, 0.2) is 41.8 Å². The van der Waals surface area contributed by atoms with Gasteiger partial charge < -0.3 is 10.4 Å². The van der Waals surface area contributed by atoms with Gasteiger partial charge in [-0.25, -0.2) is 0 Å². The topological polar surface area (TPSA) is 104 Å². The van der Waals surface area contributed by atoms with Gasteiger partial charge >= 0.3 is 0 Å². The number of anilines is 1. The molecule has 7 nitrogen and oxygen atoms in total. The number of thiocarbonyl (C=S) groups is 1. The third-order valence-electron chi connectivity index (χ3n) is 2.62. The fourth-order valence-corrected chi connectivity index (χ4v) is 2.42. The van der Waals surface area contributed by atoms with E-state index in [9.17, 15) is 20.0 Å². The minimum Gasteiger partial charge on any atom is -0.506 e. The van der Waals surface area contributed by atoms with Crippen LogP contribution in [-0.4, -0.2) is 21.0 Å². The number of nitro groups is 1. The number of carbonyl (C=O) groups is 1. The van der Waals surface area contributed by atoms with Gasteiger partial charge in [0.2, 0.25) is 5.91 Å². The van der Waals surface area contributed by atoms with E-state index in [1.165, 1.54) is 29.5 Å². The third kappa shape index (κ3) is 4.87. The zero-order valence-corrected chi connectivity index (χ0v) is 13.2. The van der Waals surface area contributed by atoms with Crippen LogP contribution in [0, 0.1) is 10.1 Å². The lowest BCUT2D eigenvalue weighted by Gasteiger charge is -2.09. The maximum absolute atomic E-state index is 11.7. The highest BCUT2D eigenvalue weighted by molar-refractivity contribution is 7.80. The molecule has 0 aliphatic rings. The predicted molar refractivity (Wildman–Crippen MR) is 92.5 cm³/mol. The van der Waals surface area contributed by atoms with Crippen LogP contribution in [0.4, 0.5) is 11.4 Å². The molecule has 0 radical (unpaired) electrons. The molecule has 0 spiro atoms. The summed E-state index contributed by atoms with van der Waals surface area (Å²) in [7, 11) is 0. The minimum atomic E-state index is -0.626. The SMILES string of the molecule is O=C(/C=C\c1cccs1)NC(=S)Nc1ccc([N+](=O)[O-])cc1O. The van der Waals surface area contributed by atoms with Gasteiger partial charge in [0.05, 0.1) is 16.7 Å². The van der Waals surface area contributed by atoms with Crippen LogP contribution in [0.1, 0.15) is 4.88 Å². The van der Waals surface area contributed by atoms with Gasteiger partial charge in [-0.05, 0) is 35.8 Å². The molecule has 0 saturated heterocycles. The number of carbonyl (C=O) groups excluding carboxylic acids is 1. The maximum atomic E-state index is 11.7. The zero-order chi connectivity index (χ0) is 16.8. The lowest BCUT2D eigenvalue weighted by Crippen LogP contribution is -2.32. The van der Waals surface area contributed by atoms with E-state index in [2.05, 4.69) is 10.6 Å². The molecule has 0 aliphatic heterocycles. The summed E-state index contributed by atoms with van der Waals surface area (Å²) >= 11 is 6.44. The first-order valence-corrected chi connectivity index (χ1v) is 7.55. The Hall–Kier alpha value is -2.78. The van der Waals surface area contributed by atoms with Crippen molar-refractivity contribution in [2.24, 2.45) is 0 Å². The van der Waals surface area contributed by atoms with Crippen molar-refractivity contribution in [3.8, 4) is 5.75 Å². The van der Waals surface area contributed by atoms with Crippen molar-refractivity contribution in [2.45, 2.75) is 0 Å². The van der Waals surface area contributed by atoms with Crippen molar-refractivity contribution in [1.82, 2.24) is 5.32 Å². The second kappa shape index (κ2) is 7.47. The zero-order valence-electron chi connectivity index (χ0n) is 11.6. The number of benzene rings is 1. The highest BCUT2D eigenvalue weighted by atomic mass is 32.1. The molecule has 23 heavy (non-hydrogen) atoms. The molecule has 9 heteroatoms. The highest BCUT2D eigenvalue weighted by Crippen LogP contribution is 2.27. The van der Waals surface area contributed by atoms with Gasteiger partial charge in [-0.15, -0.1) is 11.3 Å². The number of nitrogens with one attached hydrogen (secondary N) is 2. The minimum absolute atomic E-state index is 0.0324. The number of phenolic OH excluding ortho intramolecular Hbond substituents is 1. The monoisotopic (exact) mass is 349 g/mol. The maximum Gasteiger partial charge on any atom is 0.273 e. The number of hydrogen-bond donors (Lipinski definition) is 3. The van der Waals surface area contributed by atoms with E-state index in [-0.39, 0.29) is 22.2 Å². The Morgan fingerprint density at radius 3 is 2.78 bits per heavy atom. The highest BCUT2D eigenvalue weighted by Gasteiger charge is 2.11. The van der Waals surface area contributed by atoms with Gasteiger partial charge in [0.15, 0.2) is 5.11 Å². The van der Waals surface area contributed by atoms with Crippen molar-refractivity contribution < 1.29 is 14.8 Å². The van der Waals surface area contributed by atoms with Crippen LogP contribution in [0.3, 0.4) is 0 Å². The second-order valence-electron chi connectivity index (χ2n) is 4.25. The molecule has 2 rings (SSSR count). The van der Waals surface area contributed by atoms with Gasteiger partial charge in [-0.3, -0.25) is 20.2 Å². The molecular formula is C14H11N3O4S2. The Labute approximate surface area is 140 Å². The summed E-state index contributed by atoms with van der Waals surface area (Å²) in [5.41, 5.74) is -0.0926. The number of non-ortho nitro benzene ring substituents is 1. The third-order valence-corrected chi connectivity index (χ3v) is 3.66. The molecule has 0 saturated carbocycles.